The number of furan rings is 1. The van der Waals surface area contributed by atoms with Crippen molar-refractivity contribution in [2.24, 2.45) is 5.10 Å². The molecular formula is C23H16Cl2N2O3. The van der Waals surface area contributed by atoms with Crippen molar-refractivity contribution in [2.75, 3.05) is 7.11 Å². The van der Waals surface area contributed by atoms with Gasteiger partial charge in [0.2, 0.25) is 0 Å². The van der Waals surface area contributed by atoms with Crippen LogP contribution in [0.2, 0.25) is 10.0 Å². The SMILES string of the molecule is COc1cc2ccccc2cc1C(=O)N/N=C/c1ccc(-c2ccc(Cl)c(Cl)c2)o1. The van der Waals surface area contributed by atoms with Gasteiger partial charge < -0.3 is 9.15 Å². The van der Waals surface area contributed by atoms with Crippen LogP contribution in [0.15, 0.2) is 76.2 Å². The smallest absolute Gasteiger partial charge is 0.275 e. The molecule has 1 amide bonds. The van der Waals surface area contributed by atoms with Crippen LogP contribution in [0.4, 0.5) is 0 Å². The lowest BCUT2D eigenvalue weighted by molar-refractivity contribution is 0.0952. The number of ether oxygens (including phenoxy) is 1. The Hall–Kier alpha value is -3.28. The number of hydrogen-bond donors (Lipinski definition) is 1. The summed E-state index contributed by atoms with van der Waals surface area (Å²) in [4.78, 5) is 12.6. The third-order valence-electron chi connectivity index (χ3n) is 4.50. The molecule has 0 unspecified atom stereocenters. The average molecular weight is 439 g/mol. The number of carbonyl (C=O) groups excluding carboxylic acids is 1. The number of halogens is 2. The zero-order valence-corrected chi connectivity index (χ0v) is 17.4. The summed E-state index contributed by atoms with van der Waals surface area (Å²) in [6.45, 7) is 0. The van der Waals surface area contributed by atoms with Crippen molar-refractivity contribution in [1.82, 2.24) is 5.43 Å². The van der Waals surface area contributed by atoms with Gasteiger partial charge in [0, 0.05) is 5.56 Å². The van der Waals surface area contributed by atoms with Crippen LogP contribution >= 0.6 is 23.2 Å². The highest BCUT2D eigenvalue weighted by molar-refractivity contribution is 6.42. The molecule has 4 aromatic rings. The number of rotatable bonds is 5. The second-order valence-electron chi connectivity index (χ2n) is 6.43. The van der Waals surface area contributed by atoms with Gasteiger partial charge in [0.15, 0.2) is 0 Å². The lowest BCUT2D eigenvalue weighted by Gasteiger charge is -2.09. The third kappa shape index (κ3) is 4.17. The van der Waals surface area contributed by atoms with Gasteiger partial charge in [-0.3, -0.25) is 4.79 Å². The van der Waals surface area contributed by atoms with Gasteiger partial charge in [0.25, 0.3) is 5.91 Å². The van der Waals surface area contributed by atoms with E-state index in [2.05, 4.69) is 10.5 Å². The zero-order valence-electron chi connectivity index (χ0n) is 15.9. The predicted octanol–water partition coefficient (Wildman–Crippen LogP) is 6.18. The number of nitrogens with zero attached hydrogens (tertiary/aromatic N) is 1. The lowest BCUT2D eigenvalue weighted by atomic mass is 10.1. The van der Waals surface area contributed by atoms with Gasteiger partial charge >= 0.3 is 0 Å². The van der Waals surface area contributed by atoms with Crippen LogP contribution in [0.5, 0.6) is 5.75 Å². The second-order valence-corrected chi connectivity index (χ2v) is 7.24. The summed E-state index contributed by atoms with van der Waals surface area (Å²) in [6, 6.07) is 20.1. The minimum Gasteiger partial charge on any atom is -0.496 e. The number of methoxy groups -OCH3 is 1. The highest BCUT2D eigenvalue weighted by Gasteiger charge is 2.13. The molecule has 0 fully saturated rings. The van der Waals surface area contributed by atoms with E-state index in [1.165, 1.54) is 13.3 Å². The highest BCUT2D eigenvalue weighted by atomic mass is 35.5. The summed E-state index contributed by atoms with van der Waals surface area (Å²) in [6.07, 6.45) is 1.42. The van der Waals surface area contributed by atoms with Gasteiger partial charge in [-0.1, -0.05) is 47.5 Å². The van der Waals surface area contributed by atoms with Crippen LogP contribution in [0, 0.1) is 0 Å². The fourth-order valence-corrected chi connectivity index (χ4v) is 3.31. The summed E-state index contributed by atoms with van der Waals surface area (Å²) in [7, 11) is 1.53. The van der Waals surface area contributed by atoms with Crippen LogP contribution in [0.25, 0.3) is 22.1 Å². The lowest BCUT2D eigenvalue weighted by Crippen LogP contribution is -2.18. The Balaban J connectivity index is 1.50. The summed E-state index contributed by atoms with van der Waals surface area (Å²) >= 11 is 12.0. The fourth-order valence-electron chi connectivity index (χ4n) is 3.01. The Morgan fingerprint density at radius 3 is 2.50 bits per heavy atom. The van der Waals surface area contributed by atoms with Crippen molar-refractivity contribution < 1.29 is 13.9 Å². The maximum Gasteiger partial charge on any atom is 0.275 e. The molecule has 0 aliphatic carbocycles. The molecule has 0 atom stereocenters. The molecule has 5 nitrogen and oxygen atoms in total. The molecule has 1 heterocycles. The van der Waals surface area contributed by atoms with E-state index in [9.17, 15) is 4.79 Å². The number of benzene rings is 3. The quantitative estimate of drug-likeness (QED) is 0.298. The second kappa shape index (κ2) is 8.61. The molecule has 1 N–H and O–H groups in total. The van der Waals surface area contributed by atoms with Crippen molar-refractivity contribution >= 4 is 46.1 Å². The van der Waals surface area contributed by atoms with Gasteiger partial charge in [-0.05, 0) is 53.2 Å². The summed E-state index contributed by atoms with van der Waals surface area (Å²) < 4.78 is 11.1. The van der Waals surface area contributed by atoms with Gasteiger partial charge in [-0.25, -0.2) is 5.43 Å². The molecule has 30 heavy (non-hydrogen) atoms. The normalized spacial score (nSPS) is 11.2. The molecule has 0 aliphatic rings. The Morgan fingerprint density at radius 2 is 1.77 bits per heavy atom. The van der Waals surface area contributed by atoms with Crippen LogP contribution in [0.1, 0.15) is 16.1 Å². The van der Waals surface area contributed by atoms with E-state index in [4.69, 9.17) is 32.4 Å². The van der Waals surface area contributed by atoms with Crippen molar-refractivity contribution in [1.29, 1.82) is 0 Å². The molecule has 0 radical (unpaired) electrons. The van der Waals surface area contributed by atoms with Crippen molar-refractivity contribution in [3.8, 4) is 17.1 Å². The standard InChI is InChI=1S/C23H16Cl2N2O3/c1-29-22-12-15-5-3-2-4-14(15)10-18(22)23(28)27-26-13-17-7-9-21(30-17)16-6-8-19(24)20(25)11-16/h2-13H,1H3,(H,27,28)/b26-13+. The number of carbonyl (C=O) groups is 1. The van der Waals surface area contributed by atoms with E-state index < -0.39 is 0 Å². The molecule has 0 saturated heterocycles. The molecule has 0 saturated carbocycles. The topological polar surface area (TPSA) is 63.8 Å². The van der Waals surface area contributed by atoms with Crippen LogP contribution < -0.4 is 10.2 Å². The molecular weight excluding hydrogens is 423 g/mol. The first-order valence-corrected chi connectivity index (χ1v) is 9.76. The first-order valence-electron chi connectivity index (χ1n) is 9.00. The van der Waals surface area contributed by atoms with Crippen molar-refractivity contribution in [3.05, 3.63) is 88.1 Å². The molecule has 3 aromatic carbocycles. The highest BCUT2D eigenvalue weighted by Crippen LogP contribution is 2.29. The fraction of sp³-hybridized carbons (Fsp3) is 0.0435. The van der Waals surface area contributed by atoms with E-state index in [1.54, 1.807) is 30.3 Å². The van der Waals surface area contributed by atoms with Crippen molar-refractivity contribution in [3.63, 3.8) is 0 Å². The third-order valence-corrected chi connectivity index (χ3v) is 5.24. The Labute approximate surface area is 182 Å². The Bertz CT molecular complexity index is 1260. The number of hydrogen-bond acceptors (Lipinski definition) is 4. The summed E-state index contributed by atoms with van der Waals surface area (Å²) in [5.74, 6) is 1.17. The van der Waals surface area contributed by atoms with E-state index in [0.29, 0.717) is 32.9 Å². The maximum atomic E-state index is 12.6. The molecule has 0 aliphatic heterocycles. The molecule has 4 rings (SSSR count). The predicted molar refractivity (Wildman–Crippen MR) is 120 cm³/mol. The first kappa shape index (κ1) is 20.0. The van der Waals surface area contributed by atoms with E-state index in [1.807, 2.05) is 36.4 Å². The van der Waals surface area contributed by atoms with Gasteiger partial charge in [-0.15, -0.1) is 0 Å². The zero-order chi connectivity index (χ0) is 21.1. The van der Waals surface area contributed by atoms with Crippen LogP contribution in [-0.2, 0) is 0 Å². The van der Waals surface area contributed by atoms with E-state index in [0.717, 1.165) is 16.3 Å². The first-order chi connectivity index (χ1) is 14.5. The molecule has 1 aromatic heterocycles. The Morgan fingerprint density at radius 1 is 1.00 bits per heavy atom. The molecule has 0 spiro atoms. The van der Waals surface area contributed by atoms with Crippen molar-refractivity contribution in [2.45, 2.75) is 0 Å². The summed E-state index contributed by atoms with van der Waals surface area (Å²) in [5.41, 5.74) is 3.68. The largest absolute Gasteiger partial charge is 0.496 e. The summed E-state index contributed by atoms with van der Waals surface area (Å²) in [5, 5.41) is 6.83. The molecule has 7 heteroatoms. The van der Waals surface area contributed by atoms with Gasteiger partial charge in [0.1, 0.15) is 17.3 Å². The average Bonchev–Trinajstić information content (AvgIpc) is 3.23. The van der Waals surface area contributed by atoms with Crippen LogP contribution in [0.3, 0.4) is 0 Å². The maximum absolute atomic E-state index is 12.6. The van der Waals surface area contributed by atoms with E-state index in [-0.39, 0.29) is 5.91 Å². The molecule has 150 valence electrons. The number of nitrogens with one attached hydrogen (secondary N) is 1. The minimum atomic E-state index is -0.384. The van der Waals surface area contributed by atoms with E-state index >= 15 is 0 Å². The van der Waals surface area contributed by atoms with Gasteiger partial charge in [0.05, 0.1) is 28.9 Å². The van der Waals surface area contributed by atoms with Gasteiger partial charge in [-0.2, -0.15) is 5.10 Å². The number of hydrazone groups is 1. The Kier molecular flexibility index (Phi) is 5.74. The van der Waals surface area contributed by atoms with Crippen LogP contribution in [-0.4, -0.2) is 19.2 Å². The minimum absolute atomic E-state index is 0.384. The number of amides is 1. The monoisotopic (exact) mass is 438 g/mol. The molecule has 0 bridgehead atoms. The number of fused-ring (bicyclic) bond motifs is 1.